The van der Waals surface area contributed by atoms with Gasteiger partial charge in [-0.3, -0.25) is 4.79 Å². The predicted molar refractivity (Wildman–Crippen MR) is 88.2 cm³/mol. The Morgan fingerprint density at radius 2 is 2.17 bits per heavy atom. The van der Waals surface area contributed by atoms with Gasteiger partial charge in [0.25, 0.3) is 0 Å². The van der Waals surface area contributed by atoms with Crippen LogP contribution in [0, 0.1) is 11.8 Å². The van der Waals surface area contributed by atoms with Crippen molar-refractivity contribution < 1.29 is 9.53 Å². The Labute approximate surface area is 141 Å². The molecule has 1 aliphatic carbocycles. The highest BCUT2D eigenvalue weighted by molar-refractivity contribution is 5.76. The zero-order valence-electron chi connectivity index (χ0n) is 13.7. The van der Waals surface area contributed by atoms with Gasteiger partial charge in [-0.1, -0.05) is 6.07 Å². The summed E-state index contributed by atoms with van der Waals surface area (Å²) < 4.78 is 7.97. The standard InChI is InChI=1S/C18H22N4O2/c23-18(7-14-4-5-14)21-9-15(10-22-13-19-8-16(22)11-21)12-24-17-3-1-2-6-20-17/h1-3,6,8,13-15H,4-5,7,9-12H2. The van der Waals surface area contributed by atoms with Crippen LogP contribution in [0.25, 0.3) is 0 Å². The van der Waals surface area contributed by atoms with E-state index >= 15 is 0 Å². The Morgan fingerprint density at radius 1 is 1.25 bits per heavy atom. The molecule has 0 spiro atoms. The molecular weight excluding hydrogens is 304 g/mol. The first-order valence-electron chi connectivity index (χ1n) is 8.58. The van der Waals surface area contributed by atoms with Gasteiger partial charge in [0.15, 0.2) is 0 Å². The molecule has 24 heavy (non-hydrogen) atoms. The highest BCUT2D eigenvalue weighted by Crippen LogP contribution is 2.33. The molecule has 1 amide bonds. The lowest BCUT2D eigenvalue weighted by Crippen LogP contribution is -2.36. The molecule has 6 nitrogen and oxygen atoms in total. The number of amides is 1. The van der Waals surface area contributed by atoms with Crippen molar-refractivity contribution in [1.29, 1.82) is 0 Å². The van der Waals surface area contributed by atoms with Crippen molar-refractivity contribution in [3.63, 3.8) is 0 Å². The van der Waals surface area contributed by atoms with Crippen molar-refractivity contribution in [2.45, 2.75) is 32.4 Å². The van der Waals surface area contributed by atoms with E-state index in [1.165, 1.54) is 12.8 Å². The van der Waals surface area contributed by atoms with Gasteiger partial charge >= 0.3 is 0 Å². The molecule has 1 saturated carbocycles. The van der Waals surface area contributed by atoms with Crippen LogP contribution in [-0.4, -0.2) is 38.5 Å². The lowest BCUT2D eigenvalue weighted by molar-refractivity contribution is -0.132. The molecule has 2 aromatic rings. The summed E-state index contributed by atoms with van der Waals surface area (Å²) in [4.78, 5) is 23.0. The van der Waals surface area contributed by atoms with Gasteiger partial charge in [0.2, 0.25) is 11.8 Å². The minimum Gasteiger partial charge on any atom is -0.477 e. The summed E-state index contributed by atoms with van der Waals surface area (Å²) in [6.07, 6.45) is 8.51. The Balaban J connectivity index is 1.45. The van der Waals surface area contributed by atoms with E-state index in [2.05, 4.69) is 14.5 Å². The Kier molecular flexibility index (Phi) is 4.19. The number of aromatic nitrogens is 3. The molecule has 126 valence electrons. The summed E-state index contributed by atoms with van der Waals surface area (Å²) in [5.74, 6) is 1.72. The average molecular weight is 326 g/mol. The van der Waals surface area contributed by atoms with Gasteiger partial charge in [0, 0.05) is 43.9 Å². The second-order valence-corrected chi connectivity index (χ2v) is 6.80. The first-order chi connectivity index (χ1) is 11.8. The van der Waals surface area contributed by atoms with Crippen LogP contribution in [-0.2, 0) is 17.9 Å². The second kappa shape index (κ2) is 6.63. The number of nitrogens with zero attached hydrogens (tertiary/aromatic N) is 4. The van der Waals surface area contributed by atoms with E-state index in [4.69, 9.17) is 4.74 Å². The van der Waals surface area contributed by atoms with Crippen LogP contribution in [0.1, 0.15) is 25.0 Å². The number of hydrogen-bond acceptors (Lipinski definition) is 4. The summed E-state index contributed by atoms with van der Waals surface area (Å²) in [7, 11) is 0. The van der Waals surface area contributed by atoms with Gasteiger partial charge in [-0.2, -0.15) is 0 Å². The van der Waals surface area contributed by atoms with Crippen molar-refractivity contribution in [3.8, 4) is 5.88 Å². The minimum absolute atomic E-state index is 0.227. The van der Waals surface area contributed by atoms with Crippen molar-refractivity contribution in [3.05, 3.63) is 42.6 Å². The molecule has 0 N–H and O–H groups in total. The summed E-state index contributed by atoms with van der Waals surface area (Å²) >= 11 is 0. The van der Waals surface area contributed by atoms with Crippen LogP contribution < -0.4 is 4.74 Å². The summed E-state index contributed by atoms with van der Waals surface area (Å²) in [6, 6.07) is 5.64. The molecule has 1 unspecified atom stereocenters. The molecule has 0 bridgehead atoms. The average Bonchev–Trinajstić information content (AvgIpc) is 3.35. The zero-order valence-corrected chi connectivity index (χ0v) is 13.7. The monoisotopic (exact) mass is 326 g/mol. The van der Waals surface area contributed by atoms with Crippen LogP contribution >= 0.6 is 0 Å². The number of rotatable bonds is 5. The number of fused-ring (bicyclic) bond motifs is 1. The summed E-state index contributed by atoms with van der Waals surface area (Å²) in [6.45, 7) is 2.73. The van der Waals surface area contributed by atoms with Gasteiger partial charge in [0.1, 0.15) is 0 Å². The molecule has 2 aromatic heterocycles. The van der Waals surface area contributed by atoms with Crippen molar-refractivity contribution in [1.82, 2.24) is 19.4 Å². The third kappa shape index (κ3) is 3.58. The molecule has 3 heterocycles. The van der Waals surface area contributed by atoms with Gasteiger partial charge in [-0.05, 0) is 24.8 Å². The fourth-order valence-corrected chi connectivity index (χ4v) is 3.18. The first-order valence-corrected chi connectivity index (χ1v) is 8.58. The summed E-state index contributed by atoms with van der Waals surface area (Å²) in [5.41, 5.74) is 1.10. The van der Waals surface area contributed by atoms with Gasteiger partial charge in [-0.15, -0.1) is 0 Å². The number of imidazole rings is 1. The first kappa shape index (κ1) is 15.2. The molecule has 6 heteroatoms. The van der Waals surface area contributed by atoms with E-state index < -0.39 is 0 Å². The molecule has 2 aliphatic rings. The van der Waals surface area contributed by atoms with E-state index in [-0.39, 0.29) is 11.8 Å². The number of pyridine rings is 1. The maximum absolute atomic E-state index is 12.6. The van der Waals surface area contributed by atoms with E-state index in [1.54, 1.807) is 6.20 Å². The third-order valence-electron chi connectivity index (χ3n) is 4.70. The Morgan fingerprint density at radius 3 is 2.96 bits per heavy atom. The smallest absolute Gasteiger partial charge is 0.223 e. The number of hydrogen-bond donors (Lipinski definition) is 0. The quantitative estimate of drug-likeness (QED) is 0.844. The lowest BCUT2D eigenvalue weighted by Gasteiger charge is -2.24. The third-order valence-corrected chi connectivity index (χ3v) is 4.70. The van der Waals surface area contributed by atoms with Crippen LogP contribution in [0.3, 0.4) is 0 Å². The maximum atomic E-state index is 12.6. The van der Waals surface area contributed by atoms with Gasteiger partial charge in [0.05, 0.1) is 25.2 Å². The fraction of sp³-hybridized carbons (Fsp3) is 0.500. The SMILES string of the molecule is O=C(CC1CC1)N1Cc2cncn2CC(COc2ccccn2)C1. The highest BCUT2D eigenvalue weighted by Gasteiger charge is 2.30. The summed E-state index contributed by atoms with van der Waals surface area (Å²) in [5, 5.41) is 0. The maximum Gasteiger partial charge on any atom is 0.223 e. The van der Waals surface area contributed by atoms with Gasteiger partial charge < -0.3 is 14.2 Å². The molecule has 1 atom stereocenters. The predicted octanol–water partition coefficient (Wildman–Crippen LogP) is 2.12. The van der Waals surface area contributed by atoms with Crippen molar-refractivity contribution >= 4 is 5.91 Å². The van der Waals surface area contributed by atoms with Crippen LogP contribution in [0.5, 0.6) is 5.88 Å². The molecule has 0 radical (unpaired) electrons. The molecule has 4 rings (SSSR count). The number of carbonyl (C=O) groups is 1. The zero-order chi connectivity index (χ0) is 16.4. The van der Waals surface area contributed by atoms with E-state index in [0.717, 1.165) is 18.8 Å². The normalized spacial score (nSPS) is 20.3. The molecular formula is C18H22N4O2. The molecule has 0 aromatic carbocycles. The van der Waals surface area contributed by atoms with E-state index in [0.29, 0.717) is 31.4 Å². The molecule has 1 aliphatic heterocycles. The van der Waals surface area contributed by atoms with Crippen LogP contribution in [0.4, 0.5) is 0 Å². The van der Waals surface area contributed by atoms with Gasteiger partial charge in [-0.25, -0.2) is 9.97 Å². The van der Waals surface area contributed by atoms with Crippen molar-refractivity contribution in [2.75, 3.05) is 13.2 Å². The second-order valence-electron chi connectivity index (χ2n) is 6.80. The van der Waals surface area contributed by atoms with E-state index in [1.807, 2.05) is 35.6 Å². The van der Waals surface area contributed by atoms with Crippen molar-refractivity contribution in [2.24, 2.45) is 11.8 Å². The lowest BCUT2D eigenvalue weighted by atomic mass is 10.1. The fourth-order valence-electron chi connectivity index (χ4n) is 3.18. The minimum atomic E-state index is 0.227. The topological polar surface area (TPSA) is 60.2 Å². The largest absolute Gasteiger partial charge is 0.477 e. The van der Waals surface area contributed by atoms with Crippen LogP contribution in [0.2, 0.25) is 0 Å². The van der Waals surface area contributed by atoms with Crippen LogP contribution in [0.15, 0.2) is 36.9 Å². The Hall–Kier alpha value is -2.37. The molecule has 1 fully saturated rings. The van der Waals surface area contributed by atoms with E-state index in [9.17, 15) is 4.79 Å². The highest BCUT2D eigenvalue weighted by atomic mass is 16.5. The Bertz CT molecular complexity index is 696. The number of carbonyl (C=O) groups excluding carboxylic acids is 1. The number of ether oxygens (including phenoxy) is 1. The molecule has 0 saturated heterocycles.